The lowest BCUT2D eigenvalue weighted by Crippen LogP contribution is -2.36. The zero-order chi connectivity index (χ0) is 21.4. The van der Waals surface area contributed by atoms with Crippen LogP contribution in [0.15, 0.2) is 47.1 Å². The Kier molecular flexibility index (Phi) is 8.80. The molecule has 0 spiro atoms. The van der Waals surface area contributed by atoms with Crippen LogP contribution in [0.1, 0.15) is 96.3 Å². The molecule has 0 saturated carbocycles. The van der Waals surface area contributed by atoms with Crippen molar-refractivity contribution in [3.8, 4) is 5.75 Å². The van der Waals surface area contributed by atoms with E-state index in [-0.39, 0.29) is 5.60 Å². The van der Waals surface area contributed by atoms with E-state index in [0.717, 1.165) is 37.9 Å². The summed E-state index contributed by atoms with van der Waals surface area (Å²) < 4.78 is 6.54. The second-order valence-electron chi connectivity index (χ2n) is 9.55. The molecule has 2 rings (SSSR count). The van der Waals surface area contributed by atoms with Gasteiger partial charge in [-0.15, -0.1) is 0 Å². The van der Waals surface area contributed by atoms with Crippen LogP contribution in [0.4, 0.5) is 0 Å². The molecule has 1 nitrogen and oxygen atoms in total. The predicted octanol–water partition coefficient (Wildman–Crippen LogP) is 8.59. The Morgan fingerprint density at radius 2 is 1.55 bits per heavy atom. The summed E-state index contributed by atoms with van der Waals surface area (Å²) >= 11 is 0. The van der Waals surface area contributed by atoms with Crippen LogP contribution < -0.4 is 4.74 Å². The molecule has 0 saturated heterocycles. The largest absolute Gasteiger partial charge is 0.487 e. The van der Waals surface area contributed by atoms with E-state index in [0.29, 0.717) is 0 Å². The van der Waals surface area contributed by atoms with Crippen LogP contribution in [0.3, 0.4) is 0 Å². The van der Waals surface area contributed by atoms with Gasteiger partial charge in [0, 0.05) is 0 Å². The SMILES string of the molecule is CC(C)=CCCC(C)=CCCC(C)=CCCC1(C)CCc2ccc(C)c(C)c2O1. The number of hydrogen-bond acceptors (Lipinski definition) is 1. The molecular formula is C28H42O. The van der Waals surface area contributed by atoms with Crippen molar-refractivity contribution in [1.29, 1.82) is 0 Å². The van der Waals surface area contributed by atoms with Gasteiger partial charge in [0.25, 0.3) is 0 Å². The van der Waals surface area contributed by atoms with Gasteiger partial charge in [-0.2, -0.15) is 0 Å². The van der Waals surface area contributed by atoms with Crippen molar-refractivity contribution in [3.05, 3.63) is 63.8 Å². The van der Waals surface area contributed by atoms with E-state index in [4.69, 9.17) is 4.74 Å². The third-order valence-electron chi connectivity index (χ3n) is 6.32. The third-order valence-corrected chi connectivity index (χ3v) is 6.32. The van der Waals surface area contributed by atoms with E-state index < -0.39 is 0 Å². The van der Waals surface area contributed by atoms with Crippen LogP contribution in [0.25, 0.3) is 0 Å². The topological polar surface area (TPSA) is 9.23 Å². The molecule has 0 amide bonds. The molecule has 1 heteroatoms. The Morgan fingerprint density at radius 3 is 2.21 bits per heavy atom. The lowest BCUT2D eigenvalue weighted by atomic mass is 9.87. The number of rotatable bonds is 9. The van der Waals surface area contributed by atoms with Gasteiger partial charge in [0.1, 0.15) is 11.4 Å². The first-order valence-corrected chi connectivity index (χ1v) is 11.4. The molecule has 1 atom stereocenters. The Morgan fingerprint density at radius 1 is 0.931 bits per heavy atom. The number of benzene rings is 1. The van der Waals surface area contributed by atoms with Gasteiger partial charge in [-0.3, -0.25) is 0 Å². The van der Waals surface area contributed by atoms with Crippen LogP contribution in [0.2, 0.25) is 0 Å². The van der Waals surface area contributed by atoms with Crippen LogP contribution >= 0.6 is 0 Å². The number of ether oxygens (including phenoxy) is 1. The standard InChI is InChI=1S/C28H42O/c1-21(2)11-8-12-22(3)13-9-14-23(4)15-10-19-28(7)20-18-26-17-16-24(5)25(6)27(26)29-28/h11,13,15-17H,8-10,12,14,18-20H2,1-7H3. The lowest BCUT2D eigenvalue weighted by Gasteiger charge is -2.37. The Labute approximate surface area is 179 Å². The van der Waals surface area contributed by atoms with Gasteiger partial charge >= 0.3 is 0 Å². The van der Waals surface area contributed by atoms with E-state index in [9.17, 15) is 0 Å². The average Bonchev–Trinajstić information content (AvgIpc) is 2.65. The second kappa shape index (κ2) is 10.9. The smallest absolute Gasteiger partial charge is 0.126 e. The van der Waals surface area contributed by atoms with Crippen LogP contribution in [0.5, 0.6) is 5.75 Å². The summed E-state index contributed by atoms with van der Waals surface area (Å²) in [5, 5.41) is 0. The number of fused-ring (bicyclic) bond motifs is 1. The normalized spacial score (nSPS) is 19.6. The number of allylic oxidation sites excluding steroid dienone is 6. The first-order valence-electron chi connectivity index (χ1n) is 11.4. The third kappa shape index (κ3) is 7.53. The summed E-state index contributed by atoms with van der Waals surface area (Å²) in [4.78, 5) is 0. The highest BCUT2D eigenvalue weighted by Crippen LogP contribution is 2.39. The van der Waals surface area contributed by atoms with Gasteiger partial charge in [-0.1, -0.05) is 47.1 Å². The van der Waals surface area contributed by atoms with Crippen molar-refractivity contribution in [2.75, 3.05) is 0 Å². The van der Waals surface area contributed by atoms with Crippen molar-refractivity contribution in [2.45, 2.75) is 105 Å². The molecule has 160 valence electrons. The maximum atomic E-state index is 6.54. The highest BCUT2D eigenvalue weighted by Gasteiger charge is 2.31. The highest BCUT2D eigenvalue weighted by atomic mass is 16.5. The summed E-state index contributed by atoms with van der Waals surface area (Å²) in [6.07, 6.45) is 16.3. The minimum absolute atomic E-state index is 0.0379. The van der Waals surface area contributed by atoms with E-state index in [1.54, 1.807) is 0 Å². The molecule has 0 bridgehead atoms. The highest BCUT2D eigenvalue weighted by molar-refractivity contribution is 5.47. The summed E-state index contributed by atoms with van der Waals surface area (Å²) in [6.45, 7) is 15.5. The number of aryl methyl sites for hydroxylation is 2. The molecule has 1 unspecified atom stereocenters. The molecule has 1 aliphatic rings. The Hall–Kier alpha value is -1.76. The van der Waals surface area contributed by atoms with Crippen molar-refractivity contribution in [1.82, 2.24) is 0 Å². The minimum Gasteiger partial charge on any atom is -0.487 e. The van der Waals surface area contributed by atoms with Gasteiger partial charge in [-0.25, -0.2) is 0 Å². The van der Waals surface area contributed by atoms with Crippen molar-refractivity contribution >= 4 is 0 Å². The maximum Gasteiger partial charge on any atom is 0.126 e. The van der Waals surface area contributed by atoms with Gasteiger partial charge in [-0.05, 0) is 117 Å². The minimum atomic E-state index is -0.0379. The van der Waals surface area contributed by atoms with E-state index in [2.05, 4.69) is 78.8 Å². The number of hydrogen-bond donors (Lipinski definition) is 0. The van der Waals surface area contributed by atoms with Crippen molar-refractivity contribution in [3.63, 3.8) is 0 Å². The molecule has 0 radical (unpaired) electrons. The summed E-state index contributed by atoms with van der Waals surface area (Å²) in [5.41, 5.74) is 8.42. The molecule has 0 fully saturated rings. The zero-order valence-electron chi connectivity index (χ0n) is 20.0. The monoisotopic (exact) mass is 394 g/mol. The second-order valence-corrected chi connectivity index (χ2v) is 9.55. The molecule has 1 aromatic carbocycles. The van der Waals surface area contributed by atoms with Crippen LogP contribution in [-0.2, 0) is 6.42 Å². The van der Waals surface area contributed by atoms with Crippen LogP contribution in [-0.4, -0.2) is 5.60 Å². The molecular weight excluding hydrogens is 352 g/mol. The zero-order valence-corrected chi connectivity index (χ0v) is 20.0. The fourth-order valence-corrected chi connectivity index (χ4v) is 4.02. The average molecular weight is 395 g/mol. The maximum absolute atomic E-state index is 6.54. The first-order chi connectivity index (χ1) is 13.7. The van der Waals surface area contributed by atoms with Gasteiger partial charge < -0.3 is 4.74 Å². The molecule has 29 heavy (non-hydrogen) atoms. The molecule has 1 aromatic rings. The Balaban J connectivity index is 1.80. The van der Waals surface area contributed by atoms with E-state index in [1.165, 1.54) is 52.7 Å². The van der Waals surface area contributed by atoms with Gasteiger partial charge in [0.2, 0.25) is 0 Å². The molecule has 0 aliphatic carbocycles. The van der Waals surface area contributed by atoms with Gasteiger partial charge in [0.05, 0.1) is 0 Å². The fraction of sp³-hybridized carbons (Fsp3) is 0.571. The molecule has 1 aliphatic heterocycles. The van der Waals surface area contributed by atoms with Gasteiger partial charge in [0.15, 0.2) is 0 Å². The van der Waals surface area contributed by atoms with E-state index in [1.807, 2.05) is 0 Å². The summed E-state index contributed by atoms with van der Waals surface area (Å²) in [5.74, 6) is 1.15. The first kappa shape index (κ1) is 23.5. The van der Waals surface area contributed by atoms with Crippen LogP contribution in [0, 0.1) is 13.8 Å². The van der Waals surface area contributed by atoms with Crippen molar-refractivity contribution < 1.29 is 4.74 Å². The summed E-state index contributed by atoms with van der Waals surface area (Å²) in [7, 11) is 0. The Bertz CT molecular complexity index is 774. The fourth-order valence-electron chi connectivity index (χ4n) is 4.02. The summed E-state index contributed by atoms with van der Waals surface area (Å²) in [6, 6.07) is 4.47. The van der Waals surface area contributed by atoms with Crippen molar-refractivity contribution in [2.24, 2.45) is 0 Å². The van der Waals surface area contributed by atoms with E-state index >= 15 is 0 Å². The predicted molar refractivity (Wildman–Crippen MR) is 128 cm³/mol. The molecule has 0 aromatic heterocycles. The molecule has 0 N–H and O–H groups in total. The molecule has 1 heterocycles. The quantitative estimate of drug-likeness (QED) is 0.381. The lowest BCUT2D eigenvalue weighted by molar-refractivity contribution is 0.0562.